The van der Waals surface area contributed by atoms with Gasteiger partial charge in [0.1, 0.15) is 0 Å². The van der Waals surface area contributed by atoms with Crippen LogP contribution in [-0.4, -0.2) is 11.9 Å². The summed E-state index contributed by atoms with van der Waals surface area (Å²) in [6.45, 7) is -3.36. The van der Waals surface area contributed by atoms with Gasteiger partial charge in [-0.1, -0.05) is 0 Å². The maximum atomic E-state index is 13.5. The normalized spacial score (nSPS) is 11.1. The molecular formula is C12HBF10O. The Morgan fingerprint density at radius 2 is 0.542 bits per heavy atom. The molecule has 0 aliphatic carbocycles. The summed E-state index contributed by atoms with van der Waals surface area (Å²) >= 11 is 0. The summed E-state index contributed by atoms with van der Waals surface area (Å²) in [6.07, 6.45) is 0. The average Bonchev–Trinajstić information content (AvgIpc) is 2.55. The molecule has 2 aromatic rings. The average molecular weight is 362 g/mol. The first-order chi connectivity index (χ1) is 11.0. The summed E-state index contributed by atoms with van der Waals surface area (Å²) in [7, 11) is 0. The molecule has 12 heteroatoms. The fourth-order valence-electron chi connectivity index (χ4n) is 1.87. The zero-order valence-corrected chi connectivity index (χ0v) is 10.8. The van der Waals surface area contributed by atoms with Crippen LogP contribution in [0, 0.1) is 58.2 Å². The van der Waals surface area contributed by atoms with E-state index < -0.39 is 76.0 Å². The molecule has 0 saturated heterocycles. The first-order valence-corrected chi connectivity index (χ1v) is 5.73. The van der Waals surface area contributed by atoms with Crippen LogP contribution in [0.3, 0.4) is 0 Å². The van der Waals surface area contributed by atoms with Gasteiger partial charge in [-0.05, 0) is 0 Å². The molecule has 1 nitrogen and oxygen atoms in total. The highest BCUT2D eigenvalue weighted by Gasteiger charge is 2.39. The van der Waals surface area contributed by atoms with E-state index in [-0.39, 0.29) is 0 Å². The molecule has 0 aliphatic heterocycles. The Labute approximate surface area is 126 Å². The van der Waals surface area contributed by atoms with Crippen LogP contribution in [0.15, 0.2) is 0 Å². The molecule has 0 unspecified atom stereocenters. The van der Waals surface area contributed by atoms with Crippen molar-refractivity contribution in [2.75, 3.05) is 0 Å². The molecule has 0 bridgehead atoms. The lowest BCUT2D eigenvalue weighted by Crippen LogP contribution is -2.51. The second-order valence-electron chi connectivity index (χ2n) is 4.37. The Morgan fingerprint density at radius 3 is 0.750 bits per heavy atom. The molecular weight excluding hydrogens is 361 g/mol. The van der Waals surface area contributed by atoms with Crippen molar-refractivity contribution in [2.24, 2.45) is 0 Å². The molecule has 0 fully saturated rings. The van der Waals surface area contributed by atoms with E-state index in [4.69, 9.17) is 0 Å². The van der Waals surface area contributed by atoms with Gasteiger partial charge < -0.3 is 5.02 Å². The van der Waals surface area contributed by atoms with E-state index in [0.717, 1.165) is 0 Å². The molecule has 2 aromatic carbocycles. The fourth-order valence-corrected chi connectivity index (χ4v) is 1.87. The van der Waals surface area contributed by atoms with E-state index in [9.17, 15) is 48.9 Å². The Bertz CT molecular complexity index is 725. The van der Waals surface area contributed by atoms with E-state index in [1.54, 1.807) is 0 Å². The van der Waals surface area contributed by atoms with Crippen LogP contribution < -0.4 is 10.9 Å². The van der Waals surface area contributed by atoms with Gasteiger partial charge in [0.25, 0.3) is 0 Å². The second kappa shape index (κ2) is 6.00. The fraction of sp³-hybridized carbons (Fsp3) is 0. The lowest BCUT2D eigenvalue weighted by Gasteiger charge is -2.14. The van der Waals surface area contributed by atoms with Gasteiger partial charge in [0.05, 0.1) is 0 Å². The summed E-state index contributed by atoms with van der Waals surface area (Å²) < 4.78 is 132. The van der Waals surface area contributed by atoms with Gasteiger partial charge >= 0.3 is 6.92 Å². The van der Waals surface area contributed by atoms with Crippen LogP contribution in [-0.2, 0) is 0 Å². The van der Waals surface area contributed by atoms with Gasteiger partial charge in [0.2, 0.25) is 0 Å². The van der Waals surface area contributed by atoms with Gasteiger partial charge in [0, 0.05) is 10.9 Å². The van der Waals surface area contributed by atoms with Crippen molar-refractivity contribution < 1.29 is 48.9 Å². The molecule has 0 amide bonds. The van der Waals surface area contributed by atoms with Crippen LogP contribution in [0.4, 0.5) is 43.9 Å². The predicted octanol–water partition coefficient (Wildman–Crippen LogP) is 2.18. The van der Waals surface area contributed by atoms with Crippen molar-refractivity contribution in [3.8, 4) is 0 Å². The Morgan fingerprint density at radius 1 is 0.375 bits per heavy atom. The molecule has 0 aromatic heterocycles. The van der Waals surface area contributed by atoms with Gasteiger partial charge in [-0.15, -0.1) is 0 Å². The number of benzene rings is 2. The highest BCUT2D eigenvalue weighted by Crippen LogP contribution is 2.19. The number of hydrogen-bond donors (Lipinski definition) is 1. The van der Waals surface area contributed by atoms with Crippen LogP contribution >= 0.6 is 0 Å². The molecule has 128 valence electrons. The summed E-state index contributed by atoms with van der Waals surface area (Å²) in [6, 6.07) is 0. The minimum Gasteiger partial charge on any atom is -0.442 e. The van der Waals surface area contributed by atoms with Gasteiger partial charge in [-0.3, -0.25) is 0 Å². The Hall–Kier alpha value is -2.24. The summed E-state index contributed by atoms with van der Waals surface area (Å²) in [5, 5.41) is 9.52. The van der Waals surface area contributed by atoms with Crippen molar-refractivity contribution in [2.45, 2.75) is 0 Å². The molecule has 0 spiro atoms. The quantitative estimate of drug-likeness (QED) is 0.376. The summed E-state index contributed by atoms with van der Waals surface area (Å²) in [4.78, 5) is 0. The Kier molecular flexibility index (Phi) is 4.53. The molecule has 24 heavy (non-hydrogen) atoms. The SMILES string of the molecule is OB(c1c(F)c(F)c(F)c(F)c1F)c1c(F)c(F)c(F)c(F)c1F. The van der Waals surface area contributed by atoms with Crippen molar-refractivity contribution in [1.29, 1.82) is 0 Å². The molecule has 0 heterocycles. The van der Waals surface area contributed by atoms with Crippen LogP contribution in [0.2, 0.25) is 0 Å². The topological polar surface area (TPSA) is 20.2 Å². The number of hydrogen-bond acceptors (Lipinski definition) is 1. The van der Waals surface area contributed by atoms with Crippen LogP contribution in [0.1, 0.15) is 0 Å². The van der Waals surface area contributed by atoms with E-state index in [1.165, 1.54) is 0 Å². The van der Waals surface area contributed by atoms with E-state index >= 15 is 0 Å². The van der Waals surface area contributed by atoms with Crippen molar-refractivity contribution in [1.82, 2.24) is 0 Å². The maximum absolute atomic E-state index is 13.5. The second-order valence-corrected chi connectivity index (χ2v) is 4.37. The monoisotopic (exact) mass is 362 g/mol. The minimum atomic E-state index is -3.36. The third-order valence-corrected chi connectivity index (χ3v) is 3.03. The van der Waals surface area contributed by atoms with Crippen molar-refractivity contribution in [3.63, 3.8) is 0 Å². The number of halogens is 10. The van der Waals surface area contributed by atoms with Gasteiger partial charge in [0.15, 0.2) is 58.2 Å². The molecule has 0 saturated carbocycles. The summed E-state index contributed by atoms with van der Waals surface area (Å²) in [5.74, 6) is -26.4. The molecule has 1 N–H and O–H groups in total. The lowest BCUT2D eigenvalue weighted by molar-refractivity contribution is 0.379. The van der Waals surface area contributed by atoms with Gasteiger partial charge in [-0.25, -0.2) is 43.9 Å². The van der Waals surface area contributed by atoms with Crippen molar-refractivity contribution in [3.05, 3.63) is 58.2 Å². The first-order valence-electron chi connectivity index (χ1n) is 5.73. The smallest absolute Gasteiger partial charge is 0.371 e. The maximum Gasteiger partial charge on any atom is 0.371 e. The zero-order valence-electron chi connectivity index (χ0n) is 10.8. The van der Waals surface area contributed by atoms with E-state index in [1.807, 2.05) is 0 Å². The Balaban J connectivity index is 2.84. The minimum absolute atomic E-state index is 2.17. The molecule has 2 rings (SSSR count). The molecule has 0 atom stereocenters. The number of rotatable bonds is 2. The highest BCUT2D eigenvalue weighted by atomic mass is 19.2. The van der Waals surface area contributed by atoms with E-state index in [0.29, 0.717) is 0 Å². The lowest BCUT2D eigenvalue weighted by atomic mass is 9.55. The van der Waals surface area contributed by atoms with Gasteiger partial charge in [-0.2, -0.15) is 0 Å². The largest absolute Gasteiger partial charge is 0.442 e. The van der Waals surface area contributed by atoms with E-state index in [2.05, 4.69) is 0 Å². The predicted molar refractivity (Wildman–Crippen MR) is 59.7 cm³/mol. The van der Waals surface area contributed by atoms with Crippen LogP contribution in [0.25, 0.3) is 0 Å². The summed E-state index contributed by atoms with van der Waals surface area (Å²) in [5.41, 5.74) is -4.34. The molecule has 0 aliphatic rings. The zero-order chi connectivity index (χ0) is 18.5. The standard InChI is InChI=1S/C12HBF10O/c14-3-1(4(15)8(19)11(22)7(3)18)13(24)2-5(16)9(20)12(23)10(21)6(2)17/h24H. The third-order valence-electron chi connectivity index (χ3n) is 3.03. The van der Waals surface area contributed by atoms with Crippen molar-refractivity contribution >= 4 is 17.8 Å². The third kappa shape index (κ3) is 2.41. The highest BCUT2D eigenvalue weighted by molar-refractivity contribution is 6.79. The van der Waals surface area contributed by atoms with Crippen LogP contribution in [0.5, 0.6) is 0 Å². The first kappa shape index (κ1) is 18.1. The molecule has 0 radical (unpaired) electrons.